The molecule has 0 unspecified atom stereocenters. The number of hydrogen-bond acceptors (Lipinski definition) is 3. The maximum Gasteiger partial charge on any atom is 0.260 e. The van der Waals surface area contributed by atoms with Gasteiger partial charge in [-0.05, 0) is 49.6 Å². The molecule has 2 amide bonds. The van der Waals surface area contributed by atoms with Gasteiger partial charge in [-0.2, -0.15) is 0 Å². The number of carbonyl (C=O) groups is 2. The van der Waals surface area contributed by atoms with Crippen molar-refractivity contribution in [3.8, 4) is 5.75 Å². The van der Waals surface area contributed by atoms with Crippen LogP contribution in [0.25, 0.3) is 0 Å². The molecular weight excluding hydrogens is 364 g/mol. The fourth-order valence-electron chi connectivity index (χ4n) is 3.11. The molecule has 0 aromatic heterocycles. The molecule has 0 spiro atoms. The third-order valence-electron chi connectivity index (χ3n) is 4.70. The third kappa shape index (κ3) is 5.23. The molecule has 142 valence electrons. The van der Waals surface area contributed by atoms with E-state index in [9.17, 15) is 9.59 Å². The second kappa shape index (κ2) is 8.91. The quantitative estimate of drug-likeness (QED) is 0.847. The summed E-state index contributed by atoms with van der Waals surface area (Å²) >= 11 is 6.09. The second-order valence-electron chi connectivity index (χ2n) is 6.73. The minimum atomic E-state index is -0.0884. The molecule has 27 heavy (non-hydrogen) atoms. The molecule has 6 heteroatoms. The van der Waals surface area contributed by atoms with E-state index in [1.165, 1.54) is 0 Å². The Morgan fingerprint density at radius 3 is 2.56 bits per heavy atom. The molecule has 1 heterocycles. The molecule has 0 radical (unpaired) electrons. The predicted octanol–water partition coefficient (Wildman–Crippen LogP) is 3.90. The van der Waals surface area contributed by atoms with Gasteiger partial charge in [-0.1, -0.05) is 35.9 Å². The zero-order valence-corrected chi connectivity index (χ0v) is 16.0. The molecule has 3 rings (SSSR count). The predicted molar refractivity (Wildman–Crippen MR) is 106 cm³/mol. The lowest BCUT2D eigenvalue weighted by molar-refractivity contribution is -0.136. The van der Waals surface area contributed by atoms with Crippen molar-refractivity contribution in [1.29, 1.82) is 0 Å². The molecule has 5 nitrogen and oxygen atoms in total. The lowest BCUT2D eigenvalue weighted by Gasteiger charge is -2.31. The number of amides is 2. The zero-order valence-electron chi connectivity index (χ0n) is 15.3. The third-order valence-corrected chi connectivity index (χ3v) is 5.01. The fraction of sp³-hybridized carbons (Fsp3) is 0.333. The van der Waals surface area contributed by atoms with Gasteiger partial charge in [0.2, 0.25) is 5.91 Å². The summed E-state index contributed by atoms with van der Waals surface area (Å²) < 4.78 is 5.58. The van der Waals surface area contributed by atoms with Gasteiger partial charge in [-0.3, -0.25) is 9.59 Å². The Morgan fingerprint density at radius 1 is 1.15 bits per heavy atom. The van der Waals surface area contributed by atoms with Crippen molar-refractivity contribution in [3.63, 3.8) is 0 Å². The Morgan fingerprint density at radius 2 is 1.85 bits per heavy atom. The highest BCUT2D eigenvalue weighted by Crippen LogP contribution is 2.25. The topological polar surface area (TPSA) is 58.6 Å². The van der Waals surface area contributed by atoms with E-state index in [1.807, 2.05) is 49.4 Å². The molecular formula is C21H23ClN2O3. The number of halogens is 1. The van der Waals surface area contributed by atoms with Crippen molar-refractivity contribution in [1.82, 2.24) is 4.90 Å². The smallest absolute Gasteiger partial charge is 0.260 e. The van der Waals surface area contributed by atoms with Gasteiger partial charge in [-0.25, -0.2) is 0 Å². The van der Waals surface area contributed by atoms with E-state index in [4.69, 9.17) is 16.3 Å². The molecule has 0 saturated carbocycles. The number of nitrogens with one attached hydrogen (secondary N) is 1. The SMILES string of the molecule is Cc1ccc(Cl)c(OCC(=O)N2CCC(C(=O)Nc3ccccc3)CC2)c1. The van der Waals surface area contributed by atoms with Crippen molar-refractivity contribution in [2.24, 2.45) is 5.92 Å². The number of benzene rings is 2. The van der Waals surface area contributed by atoms with E-state index in [1.54, 1.807) is 11.0 Å². The largest absolute Gasteiger partial charge is 0.482 e. The minimum Gasteiger partial charge on any atom is -0.482 e. The number of likely N-dealkylation sites (tertiary alicyclic amines) is 1. The number of nitrogens with zero attached hydrogens (tertiary/aromatic N) is 1. The van der Waals surface area contributed by atoms with Gasteiger partial charge in [0, 0.05) is 24.7 Å². The van der Waals surface area contributed by atoms with E-state index in [2.05, 4.69) is 5.32 Å². The Labute approximate surface area is 164 Å². The van der Waals surface area contributed by atoms with Crippen LogP contribution in [0.1, 0.15) is 18.4 Å². The molecule has 2 aromatic carbocycles. The van der Waals surface area contributed by atoms with Gasteiger partial charge in [-0.15, -0.1) is 0 Å². The number of anilines is 1. The molecule has 1 saturated heterocycles. The summed E-state index contributed by atoms with van der Waals surface area (Å²) in [6.45, 7) is 2.99. The standard InChI is InChI=1S/C21H23ClN2O3/c1-15-7-8-18(22)19(13-15)27-14-20(25)24-11-9-16(10-12-24)21(26)23-17-5-3-2-4-6-17/h2-8,13,16H,9-12,14H2,1H3,(H,23,26). The summed E-state index contributed by atoms with van der Waals surface area (Å²) in [5, 5.41) is 3.42. The molecule has 0 atom stereocenters. The summed E-state index contributed by atoms with van der Waals surface area (Å²) in [6.07, 6.45) is 1.30. The van der Waals surface area contributed by atoms with Crippen LogP contribution in [0, 0.1) is 12.8 Å². The van der Waals surface area contributed by atoms with Gasteiger partial charge < -0.3 is 15.0 Å². The van der Waals surface area contributed by atoms with Crippen molar-refractivity contribution in [2.45, 2.75) is 19.8 Å². The van der Waals surface area contributed by atoms with Crippen LogP contribution in [-0.2, 0) is 9.59 Å². The lowest BCUT2D eigenvalue weighted by atomic mass is 9.95. The van der Waals surface area contributed by atoms with Crippen molar-refractivity contribution in [2.75, 3.05) is 25.0 Å². The maximum absolute atomic E-state index is 12.4. The van der Waals surface area contributed by atoms with Crippen LogP contribution in [0.5, 0.6) is 5.75 Å². The Bertz CT molecular complexity index is 802. The van der Waals surface area contributed by atoms with E-state index >= 15 is 0 Å². The first kappa shape index (κ1) is 19.2. The van der Waals surface area contributed by atoms with Crippen LogP contribution >= 0.6 is 11.6 Å². The van der Waals surface area contributed by atoms with Crippen molar-refractivity contribution >= 4 is 29.1 Å². The molecule has 1 aliphatic rings. The molecule has 1 N–H and O–H groups in total. The molecule has 2 aromatic rings. The highest BCUT2D eigenvalue weighted by molar-refractivity contribution is 6.32. The van der Waals surface area contributed by atoms with Crippen LogP contribution in [-0.4, -0.2) is 36.4 Å². The van der Waals surface area contributed by atoms with Crippen LogP contribution in [0.15, 0.2) is 48.5 Å². The second-order valence-corrected chi connectivity index (χ2v) is 7.14. The van der Waals surface area contributed by atoms with Crippen molar-refractivity contribution in [3.05, 3.63) is 59.1 Å². The number of ether oxygens (including phenoxy) is 1. The Kier molecular flexibility index (Phi) is 6.35. The van der Waals surface area contributed by atoms with Gasteiger partial charge in [0.25, 0.3) is 5.91 Å². The van der Waals surface area contributed by atoms with Gasteiger partial charge in [0.15, 0.2) is 6.61 Å². The molecule has 1 aliphatic heterocycles. The minimum absolute atomic E-state index is 0.0103. The summed E-state index contributed by atoms with van der Waals surface area (Å²) in [6, 6.07) is 14.9. The average molecular weight is 387 g/mol. The highest BCUT2D eigenvalue weighted by Gasteiger charge is 2.27. The van der Waals surface area contributed by atoms with Crippen LogP contribution in [0.2, 0.25) is 5.02 Å². The van der Waals surface area contributed by atoms with Crippen LogP contribution in [0.3, 0.4) is 0 Å². The van der Waals surface area contributed by atoms with Gasteiger partial charge >= 0.3 is 0 Å². The number of carbonyl (C=O) groups excluding carboxylic acids is 2. The summed E-state index contributed by atoms with van der Waals surface area (Å²) in [7, 11) is 0. The maximum atomic E-state index is 12.4. The fourth-order valence-corrected chi connectivity index (χ4v) is 3.28. The molecule has 1 fully saturated rings. The first-order valence-electron chi connectivity index (χ1n) is 9.05. The number of rotatable bonds is 5. The number of aryl methyl sites for hydroxylation is 1. The van der Waals surface area contributed by atoms with Crippen LogP contribution < -0.4 is 10.1 Å². The van der Waals surface area contributed by atoms with E-state index < -0.39 is 0 Å². The first-order chi connectivity index (χ1) is 13.0. The van der Waals surface area contributed by atoms with E-state index in [0.29, 0.717) is 36.7 Å². The lowest BCUT2D eigenvalue weighted by Crippen LogP contribution is -2.43. The van der Waals surface area contributed by atoms with Crippen LogP contribution in [0.4, 0.5) is 5.69 Å². The highest BCUT2D eigenvalue weighted by atomic mass is 35.5. The first-order valence-corrected chi connectivity index (χ1v) is 9.43. The summed E-state index contributed by atoms with van der Waals surface area (Å²) in [5.41, 5.74) is 1.82. The van der Waals surface area contributed by atoms with E-state index in [0.717, 1.165) is 11.3 Å². The number of piperidine rings is 1. The van der Waals surface area contributed by atoms with Gasteiger partial charge in [0.1, 0.15) is 5.75 Å². The normalized spacial score (nSPS) is 14.7. The number of para-hydroxylation sites is 1. The molecule has 0 aliphatic carbocycles. The summed E-state index contributed by atoms with van der Waals surface area (Å²) in [4.78, 5) is 26.5. The zero-order chi connectivity index (χ0) is 19.2. The average Bonchev–Trinajstić information content (AvgIpc) is 2.69. The number of hydrogen-bond donors (Lipinski definition) is 1. The Hall–Kier alpha value is -2.53. The Balaban J connectivity index is 1.46. The van der Waals surface area contributed by atoms with E-state index in [-0.39, 0.29) is 24.3 Å². The van der Waals surface area contributed by atoms with Gasteiger partial charge in [0.05, 0.1) is 5.02 Å². The summed E-state index contributed by atoms with van der Waals surface area (Å²) in [5.74, 6) is 0.356. The monoisotopic (exact) mass is 386 g/mol. The van der Waals surface area contributed by atoms with Crippen molar-refractivity contribution < 1.29 is 14.3 Å². The molecule has 0 bridgehead atoms.